The molecule has 0 aliphatic heterocycles. The standard InChI is InChI=1S/C20H23N3O/c1-13-6-8-15(9-7-13)17-18(22-19(24)20(3,4)5)23-11-10-14(2)12-16(23)21-17/h6-12H,1-5H3,(H,22,24). The van der Waals surface area contributed by atoms with Crippen molar-refractivity contribution in [3.05, 3.63) is 53.7 Å². The van der Waals surface area contributed by atoms with Crippen LogP contribution in [-0.4, -0.2) is 15.3 Å². The first-order valence-electron chi connectivity index (χ1n) is 8.13. The molecule has 0 bridgehead atoms. The Morgan fingerprint density at radius 3 is 2.33 bits per heavy atom. The number of aryl methyl sites for hydroxylation is 2. The largest absolute Gasteiger partial charge is 0.309 e. The van der Waals surface area contributed by atoms with Gasteiger partial charge in [0.1, 0.15) is 17.2 Å². The Hall–Kier alpha value is -2.62. The molecule has 24 heavy (non-hydrogen) atoms. The van der Waals surface area contributed by atoms with Gasteiger partial charge in [0.25, 0.3) is 0 Å². The van der Waals surface area contributed by atoms with Crippen LogP contribution < -0.4 is 5.32 Å². The molecule has 0 atom stereocenters. The number of aromatic nitrogens is 2. The summed E-state index contributed by atoms with van der Waals surface area (Å²) in [5.74, 6) is 0.687. The van der Waals surface area contributed by atoms with Crippen molar-refractivity contribution in [2.24, 2.45) is 5.41 Å². The molecule has 0 aliphatic carbocycles. The Bertz CT molecular complexity index is 899. The van der Waals surface area contributed by atoms with Gasteiger partial charge in [0.2, 0.25) is 5.91 Å². The zero-order valence-electron chi connectivity index (χ0n) is 14.8. The Kier molecular flexibility index (Phi) is 3.91. The van der Waals surface area contributed by atoms with E-state index in [0.717, 1.165) is 22.5 Å². The van der Waals surface area contributed by atoms with Gasteiger partial charge in [0, 0.05) is 17.2 Å². The lowest BCUT2D eigenvalue weighted by atomic mass is 9.95. The molecule has 2 heterocycles. The van der Waals surface area contributed by atoms with Crippen LogP contribution in [0.4, 0.5) is 5.82 Å². The second kappa shape index (κ2) is 5.78. The van der Waals surface area contributed by atoms with Gasteiger partial charge in [0.15, 0.2) is 0 Å². The van der Waals surface area contributed by atoms with Gasteiger partial charge in [0.05, 0.1) is 0 Å². The lowest BCUT2D eigenvalue weighted by Gasteiger charge is -2.18. The molecular weight excluding hydrogens is 298 g/mol. The molecule has 1 amide bonds. The van der Waals surface area contributed by atoms with E-state index < -0.39 is 5.41 Å². The molecule has 4 nitrogen and oxygen atoms in total. The Morgan fingerprint density at radius 2 is 1.71 bits per heavy atom. The summed E-state index contributed by atoms with van der Waals surface area (Å²) in [5, 5.41) is 3.07. The van der Waals surface area contributed by atoms with E-state index in [1.807, 2.05) is 62.6 Å². The summed E-state index contributed by atoms with van der Waals surface area (Å²) < 4.78 is 1.94. The Balaban J connectivity index is 2.18. The van der Waals surface area contributed by atoms with Gasteiger partial charge in [-0.15, -0.1) is 0 Å². The Labute approximate surface area is 142 Å². The molecule has 0 saturated heterocycles. The third-order valence-corrected chi connectivity index (χ3v) is 4.02. The van der Waals surface area contributed by atoms with E-state index >= 15 is 0 Å². The smallest absolute Gasteiger partial charge is 0.230 e. The highest BCUT2D eigenvalue weighted by Gasteiger charge is 2.24. The highest BCUT2D eigenvalue weighted by molar-refractivity contribution is 5.97. The van der Waals surface area contributed by atoms with Gasteiger partial charge in [-0.25, -0.2) is 4.98 Å². The maximum atomic E-state index is 12.5. The summed E-state index contributed by atoms with van der Waals surface area (Å²) in [6.07, 6.45) is 1.95. The van der Waals surface area contributed by atoms with E-state index in [1.165, 1.54) is 5.56 Å². The van der Waals surface area contributed by atoms with Crippen molar-refractivity contribution in [1.29, 1.82) is 0 Å². The number of hydrogen-bond donors (Lipinski definition) is 1. The summed E-state index contributed by atoms with van der Waals surface area (Å²) in [4.78, 5) is 17.3. The van der Waals surface area contributed by atoms with Gasteiger partial charge < -0.3 is 5.32 Å². The number of nitrogens with one attached hydrogen (secondary N) is 1. The molecule has 3 rings (SSSR count). The number of benzene rings is 1. The van der Waals surface area contributed by atoms with Crippen molar-refractivity contribution in [3.8, 4) is 11.3 Å². The van der Waals surface area contributed by atoms with Crippen molar-refractivity contribution in [2.45, 2.75) is 34.6 Å². The molecule has 0 unspecified atom stereocenters. The van der Waals surface area contributed by atoms with Crippen molar-refractivity contribution in [3.63, 3.8) is 0 Å². The molecule has 0 aliphatic rings. The maximum Gasteiger partial charge on any atom is 0.230 e. The van der Waals surface area contributed by atoms with Gasteiger partial charge in [-0.3, -0.25) is 9.20 Å². The molecule has 4 heteroatoms. The van der Waals surface area contributed by atoms with Crippen molar-refractivity contribution in [1.82, 2.24) is 9.38 Å². The van der Waals surface area contributed by atoms with E-state index in [0.29, 0.717) is 5.82 Å². The molecule has 0 fully saturated rings. The van der Waals surface area contributed by atoms with Crippen molar-refractivity contribution >= 4 is 17.4 Å². The van der Waals surface area contributed by atoms with Crippen LogP contribution >= 0.6 is 0 Å². The van der Waals surface area contributed by atoms with Crippen LogP contribution in [0.1, 0.15) is 31.9 Å². The number of imidazole rings is 1. The molecule has 1 N–H and O–H groups in total. The number of hydrogen-bond acceptors (Lipinski definition) is 2. The number of nitrogens with zero attached hydrogens (tertiary/aromatic N) is 2. The average molecular weight is 321 g/mol. The topological polar surface area (TPSA) is 46.4 Å². The normalized spacial score (nSPS) is 11.7. The maximum absolute atomic E-state index is 12.5. The van der Waals surface area contributed by atoms with Crippen LogP contribution in [0, 0.1) is 19.3 Å². The first kappa shape index (κ1) is 16.2. The lowest BCUT2D eigenvalue weighted by molar-refractivity contribution is -0.123. The van der Waals surface area contributed by atoms with Crippen LogP contribution in [0.25, 0.3) is 16.9 Å². The monoisotopic (exact) mass is 321 g/mol. The minimum Gasteiger partial charge on any atom is -0.309 e. The van der Waals surface area contributed by atoms with Crippen LogP contribution in [0.15, 0.2) is 42.6 Å². The summed E-state index contributed by atoms with van der Waals surface area (Å²) in [6.45, 7) is 9.80. The first-order valence-corrected chi connectivity index (χ1v) is 8.13. The summed E-state index contributed by atoms with van der Waals surface area (Å²) in [6, 6.07) is 12.2. The number of carbonyl (C=O) groups is 1. The minimum atomic E-state index is -0.473. The fourth-order valence-corrected chi connectivity index (χ4v) is 2.47. The van der Waals surface area contributed by atoms with Crippen LogP contribution in [-0.2, 0) is 4.79 Å². The number of carbonyl (C=O) groups excluding carboxylic acids is 1. The molecule has 1 aromatic carbocycles. The summed E-state index contributed by atoms with van der Waals surface area (Å²) in [5.41, 5.74) is 4.47. The molecular formula is C20H23N3O. The van der Waals surface area contributed by atoms with E-state index in [2.05, 4.69) is 24.4 Å². The molecule has 0 radical (unpaired) electrons. The zero-order valence-corrected chi connectivity index (χ0v) is 14.8. The second-order valence-corrected chi connectivity index (χ2v) is 7.31. The van der Waals surface area contributed by atoms with Crippen molar-refractivity contribution in [2.75, 3.05) is 5.32 Å². The Morgan fingerprint density at radius 1 is 1.04 bits per heavy atom. The van der Waals surface area contributed by atoms with Gasteiger partial charge in [-0.05, 0) is 31.5 Å². The molecule has 2 aromatic heterocycles. The van der Waals surface area contributed by atoms with Gasteiger partial charge >= 0.3 is 0 Å². The number of anilines is 1. The molecule has 124 valence electrons. The quantitative estimate of drug-likeness (QED) is 0.749. The predicted molar refractivity (Wildman–Crippen MR) is 98.2 cm³/mol. The van der Waals surface area contributed by atoms with Crippen molar-refractivity contribution < 1.29 is 4.79 Å². The van der Waals surface area contributed by atoms with E-state index in [9.17, 15) is 4.79 Å². The van der Waals surface area contributed by atoms with Crippen LogP contribution in [0.3, 0.4) is 0 Å². The SMILES string of the molecule is Cc1ccc(-c2nc3cc(C)ccn3c2NC(=O)C(C)(C)C)cc1. The van der Waals surface area contributed by atoms with E-state index in [-0.39, 0.29) is 5.91 Å². The zero-order chi connectivity index (χ0) is 17.5. The van der Waals surface area contributed by atoms with Gasteiger partial charge in [-0.2, -0.15) is 0 Å². The van der Waals surface area contributed by atoms with E-state index in [1.54, 1.807) is 0 Å². The number of amides is 1. The highest BCUT2D eigenvalue weighted by atomic mass is 16.2. The van der Waals surface area contributed by atoms with Crippen LogP contribution in [0.2, 0.25) is 0 Å². The third-order valence-electron chi connectivity index (χ3n) is 4.02. The molecule has 0 saturated carbocycles. The molecule has 0 spiro atoms. The average Bonchev–Trinajstić information content (AvgIpc) is 2.85. The van der Waals surface area contributed by atoms with E-state index in [4.69, 9.17) is 4.98 Å². The summed E-state index contributed by atoms with van der Waals surface area (Å²) >= 11 is 0. The van der Waals surface area contributed by atoms with Gasteiger partial charge in [-0.1, -0.05) is 50.6 Å². The van der Waals surface area contributed by atoms with Crippen LogP contribution in [0.5, 0.6) is 0 Å². The summed E-state index contributed by atoms with van der Waals surface area (Å²) in [7, 11) is 0. The fraction of sp³-hybridized carbons (Fsp3) is 0.300. The minimum absolute atomic E-state index is 0.0294. The fourth-order valence-electron chi connectivity index (χ4n) is 2.47. The third kappa shape index (κ3) is 3.04. The number of fused-ring (bicyclic) bond motifs is 1. The lowest BCUT2D eigenvalue weighted by Crippen LogP contribution is -2.28. The second-order valence-electron chi connectivity index (χ2n) is 7.31. The number of pyridine rings is 1. The molecule has 3 aromatic rings. The highest BCUT2D eigenvalue weighted by Crippen LogP contribution is 2.30. The first-order chi connectivity index (χ1) is 11.3. The number of rotatable bonds is 2. The predicted octanol–water partition coefficient (Wildman–Crippen LogP) is 4.60.